The normalized spacial score (nSPS) is 10.3. The van der Waals surface area contributed by atoms with Crippen molar-refractivity contribution in [3.63, 3.8) is 0 Å². The smallest absolute Gasteiger partial charge is 0.205 e. The fourth-order valence-corrected chi connectivity index (χ4v) is 2.24. The SMILES string of the molecule is CNc1nnc(CCCOc2ccc(C)cc2)s1. The second-order valence-electron chi connectivity index (χ2n) is 4.02. The Morgan fingerprint density at radius 2 is 2.00 bits per heavy atom. The van der Waals surface area contributed by atoms with E-state index in [0.29, 0.717) is 6.61 Å². The standard InChI is InChI=1S/C13H17N3OS/c1-10-5-7-11(8-6-10)17-9-3-4-12-15-16-13(14-2)18-12/h5-8H,3-4,9H2,1-2H3,(H,14,16). The Morgan fingerprint density at radius 1 is 1.22 bits per heavy atom. The molecule has 0 fully saturated rings. The van der Waals surface area contributed by atoms with Crippen molar-refractivity contribution in [2.45, 2.75) is 19.8 Å². The second-order valence-corrected chi connectivity index (χ2v) is 5.08. The predicted molar refractivity (Wildman–Crippen MR) is 74.5 cm³/mol. The zero-order chi connectivity index (χ0) is 12.8. The third-order valence-electron chi connectivity index (χ3n) is 2.51. The Labute approximate surface area is 111 Å². The summed E-state index contributed by atoms with van der Waals surface area (Å²) >= 11 is 1.59. The fraction of sp³-hybridized carbons (Fsp3) is 0.385. The van der Waals surface area contributed by atoms with Crippen molar-refractivity contribution < 1.29 is 4.74 Å². The number of nitrogens with one attached hydrogen (secondary N) is 1. The molecule has 0 aliphatic carbocycles. The summed E-state index contributed by atoms with van der Waals surface area (Å²) in [5.74, 6) is 0.925. The first-order valence-corrected chi connectivity index (χ1v) is 6.79. The number of nitrogens with zero attached hydrogens (tertiary/aromatic N) is 2. The molecule has 5 heteroatoms. The van der Waals surface area contributed by atoms with Crippen molar-refractivity contribution in [3.05, 3.63) is 34.8 Å². The molecule has 0 radical (unpaired) electrons. The molecule has 0 spiro atoms. The zero-order valence-corrected chi connectivity index (χ0v) is 11.5. The molecule has 1 N–H and O–H groups in total. The van der Waals surface area contributed by atoms with Crippen LogP contribution in [0.15, 0.2) is 24.3 Å². The largest absolute Gasteiger partial charge is 0.494 e. The van der Waals surface area contributed by atoms with Crippen LogP contribution >= 0.6 is 11.3 Å². The van der Waals surface area contributed by atoms with Gasteiger partial charge in [-0.25, -0.2) is 0 Å². The molecule has 4 nitrogen and oxygen atoms in total. The van der Waals surface area contributed by atoms with Crippen LogP contribution in [0.2, 0.25) is 0 Å². The van der Waals surface area contributed by atoms with Gasteiger partial charge in [-0.3, -0.25) is 0 Å². The maximum atomic E-state index is 5.66. The quantitative estimate of drug-likeness (QED) is 0.814. The van der Waals surface area contributed by atoms with Gasteiger partial charge in [-0.1, -0.05) is 29.0 Å². The molecule has 2 aromatic rings. The van der Waals surface area contributed by atoms with Crippen LogP contribution in [0.5, 0.6) is 5.75 Å². The van der Waals surface area contributed by atoms with E-state index in [4.69, 9.17) is 4.74 Å². The molecule has 0 atom stereocenters. The number of hydrogen-bond acceptors (Lipinski definition) is 5. The van der Waals surface area contributed by atoms with Crippen molar-refractivity contribution in [2.24, 2.45) is 0 Å². The van der Waals surface area contributed by atoms with Crippen LogP contribution in [0.3, 0.4) is 0 Å². The van der Waals surface area contributed by atoms with Gasteiger partial charge in [0.05, 0.1) is 6.61 Å². The van der Waals surface area contributed by atoms with Crippen molar-refractivity contribution in [2.75, 3.05) is 19.0 Å². The first-order chi connectivity index (χ1) is 8.78. The molecule has 18 heavy (non-hydrogen) atoms. The van der Waals surface area contributed by atoms with Gasteiger partial charge in [0.15, 0.2) is 0 Å². The van der Waals surface area contributed by atoms with Gasteiger partial charge in [0.1, 0.15) is 10.8 Å². The Hall–Kier alpha value is -1.62. The van der Waals surface area contributed by atoms with E-state index in [2.05, 4.69) is 34.6 Å². The van der Waals surface area contributed by atoms with Gasteiger partial charge in [0.25, 0.3) is 0 Å². The predicted octanol–water partition coefficient (Wildman–Crippen LogP) is 2.90. The lowest BCUT2D eigenvalue weighted by Crippen LogP contribution is -1.99. The summed E-state index contributed by atoms with van der Waals surface area (Å²) in [7, 11) is 1.85. The molecule has 0 aliphatic heterocycles. The van der Waals surface area contributed by atoms with Crippen molar-refractivity contribution in [1.29, 1.82) is 0 Å². The first-order valence-electron chi connectivity index (χ1n) is 5.97. The van der Waals surface area contributed by atoms with E-state index in [1.165, 1.54) is 5.56 Å². The van der Waals surface area contributed by atoms with Gasteiger partial charge in [-0.15, -0.1) is 10.2 Å². The van der Waals surface area contributed by atoms with Crippen LogP contribution in [0.1, 0.15) is 17.0 Å². The Balaban J connectivity index is 1.71. The highest BCUT2D eigenvalue weighted by molar-refractivity contribution is 7.15. The Bertz CT molecular complexity index is 481. The van der Waals surface area contributed by atoms with E-state index >= 15 is 0 Å². The molecule has 96 valence electrons. The van der Waals surface area contributed by atoms with Crippen molar-refractivity contribution in [1.82, 2.24) is 10.2 Å². The van der Waals surface area contributed by atoms with Gasteiger partial charge < -0.3 is 10.1 Å². The lowest BCUT2D eigenvalue weighted by molar-refractivity contribution is 0.311. The first kappa shape index (κ1) is 12.8. The minimum absolute atomic E-state index is 0.706. The molecular weight excluding hydrogens is 246 g/mol. The molecule has 0 bridgehead atoms. The van der Waals surface area contributed by atoms with Crippen LogP contribution in [-0.4, -0.2) is 23.9 Å². The third kappa shape index (κ3) is 3.70. The summed E-state index contributed by atoms with van der Waals surface area (Å²) < 4.78 is 5.66. The number of rotatable bonds is 6. The summed E-state index contributed by atoms with van der Waals surface area (Å²) in [6, 6.07) is 8.11. The van der Waals surface area contributed by atoms with Crippen LogP contribution in [-0.2, 0) is 6.42 Å². The van der Waals surface area contributed by atoms with Crippen LogP contribution < -0.4 is 10.1 Å². The van der Waals surface area contributed by atoms with E-state index in [9.17, 15) is 0 Å². The third-order valence-corrected chi connectivity index (χ3v) is 3.51. The van der Waals surface area contributed by atoms with E-state index < -0.39 is 0 Å². The Kier molecular flexibility index (Phi) is 4.52. The summed E-state index contributed by atoms with van der Waals surface area (Å²) in [6.07, 6.45) is 1.86. The fourth-order valence-electron chi connectivity index (χ4n) is 1.50. The number of benzene rings is 1. The van der Waals surface area contributed by atoms with Gasteiger partial charge in [-0.05, 0) is 25.5 Å². The molecule has 1 heterocycles. The lowest BCUT2D eigenvalue weighted by Gasteiger charge is -2.05. The molecule has 0 saturated carbocycles. The van der Waals surface area contributed by atoms with Gasteiger partial charge in [0, 0.05) is 13.5 Å². The van der Waals surface area contributed by atoms with Gasteiger partial charge >= 0.3 is 0 Å². The zero-order valence-electron chi connectivity index (χ0n) is 10.6. The van der Waals surface area contributed by atoms with Crippen LogP contribution in [0, 0.1) is 6.92 Å². The number of ether oxygens (including phenoxy) is 1. The maximum Gasteiger partial charge on any atom is 0.205 e. The molecule has 0 unspecified atom stereocenters. The molecule has 0 aliphatic rings. The van der Waals surface area contributed by atoms with E-state index in [1.54, 1.807) is 11.3 Å². The number of aryl methyl sites for hydroxylation is 2. The van der Waals surface area contributed by atoms with Crippen LogP contribution in [0.4, 0.5) is 5.13 Å². The van der Waals surface area contributed by atoms with E-state index in [1.807, 2.05) is 19.2 Å². The number of anilines is 1. The summed E-state index contributed by atoms with van der Waals surface area (Å²) in [5, 5.41) is 13.0. The van der Waals surface area contributed by atoms with Gasteiger partial charge in [0.2, 0.25) is 5.13 Å². The highest BCUT2D eigenvalue weighted by Crippen LogP contribution is 2.16. The minimum atomic E-state index is 0.706. The summed E-state index contributed by atoms with van der Waals surface area (Å²) in [6.45, 7) is 2.77. The molecule has 2 rings (SSSR count). The number of hydrogen-bond donors (Lipinski definition) is 1. The highest BCUT2D eigenvalue weighted by atomic mass is 32.1. The molecular formula is C13H17N3OS. The number of aromatic nitrogens is 2. The topological polar surface area (TPSA) is 47.0 Å². The minimum Gasteiger partial charge on any atom is -0.494 e. The molecule has 1 aromatic carbocycles. The average molecular weight is 263 g/mol. The monoisotopic (exact) mass is 263 g/mol. The molecule has 1 aromatic heterocycles. The van der Waals surface area contributed by atoms with Crippen molar-refractivity contribution in [3.8, 4) is 5.75 Å². The maximum absolute atomic E-state index is 5.66. The van der Waals surface area contributed by atoms with Crippen molar-refractivity contribution >= 4 is 16.5 Å². The van der Waals surface area contributed by atoms with E-state index in [-0.39, 0.29) is 0 Å². The van der Waals surface area contributed by atoms with Crippen LogP contribution in [0.25, 0.3) is 0 Å². The highest BCUT2D eigenvalue weighted by Gasteiger charge is 2.02. The lowest BCUT2D eigenvalue weighted by atomic mass is 10.2. The molecule has 0 amide bonds. The second kappa shape index (κ2) is 6.35. The average Bonchev–Trinajstić information content (AvgIpc) is 2.85. The summed E-state index contributed by atoms with van der Waals surface area (Å²) in [5.41, 5.74) is 1.25. The Morgan fingerprint density at radius 3 is 2.67 bits per heavy atom. The van der Waals surface area contributed by atoms with E-state index in [0.717, 1.165) is 28.7 Å². The molecule has 0 saturated heterocycles. The van der Waals surface area contributed by atoms with Gasteiger partial charge in [-0.2, -0.15) is 0 Å². The summed E-state index contributed by atoms with van der Waals surface area (Å²) in [4.78, 5) is 0.